The molecule has 37 heavy (non-hydrogen) atoms. The molecule has 0 amide bonds. The van der Waals surface area contributed by atoms with E-state index in [1.54, 1.807) is 5.19 Å². The van der Waals surface area contributed by atoms with Gasteiger partial charge in [0.2, 0.25) is 5.72 Å². The van der Waals surface area contributed by atoms with Crippen molar-refractivity contribution in [3.8, 4) is 5.69 Å². The molecule has 1 unspecified atom stereocenters. The number of benzene rings is 2. The van der Waals surface area contributed by atoms with Gasteiger partial charge in [-0.3, -0.25) is 0 Å². The number of amidine groups is 1. The highest BCUT2D eigenvalue weighted by molar-refractivity contribution is 6.91. The Morgan fingerprint density at radius 2 is 1.89 bits per heavy atom. The number of rotatable bonds is 3. The number of nitrogens with zero attached hydrogens (tertiary/aromatic N) is 4. The molecule has 0 N–H and O–H groups in total. The Bertz CT molecular complexity index is 1480. The van der Waals surface area contributed by atoms with Crippen LogP contribution in [-0.2, 0) is 17.0 Å². The first-order valence-corrected chi connectivity index (χ1v) is 16.6. The maximum absolute atomic E-state index is 13.7. The topological polar surface area (TPSA) is 42.7 Å². The summed E-state index contributed by atoms with van der Waals surface area (Å²) < 4.78 is 15.9. The molecule has 2 fully saturated rings. The Hall–Kier alpha value is -3.19. The van der Waals surface area contributed by atoms with Crippen LogP contribution in [0.3, 0.4) is 0 Å². The summed E-state index contributed by atoms with van der Waals surface area (Å²) in [4.78, 5) is 13.0. The Labute approximate surface area is 218 Å². The number of aryl methyl sites for hydroxylation is 1. The Kier molecular flexibility index (Phi) is 4.76. The monoisotopic (exact) mass is 512 g/mol. The quantitative estimate of drug-likeness (QED) is 0.412. The van der Waals surface area contributed by atoms with E-state index in [9.17, 15) is 4.39 Å². The third kappa shape index (κ3) is 3.54. The first kappa shape index (κ1) is 23.0. The summed E-state index contributed by atoms with van der Waals surface area (Å²) in [6, 6.07) is 12.5. The van der Waals surface area contributed by atoms with Crippen LogP contribution in [-0.4, -0.2) is 34.9 Å². The molecule has 1 saturated carbocycles. The molecule has 1 aromatic heterocycles. The highest BCUT2D eigenvalue weighted by atomic mass is 28.3. The summed E-state index contributed by atoms with van der Waals surface area (Å²) in [5.74, 6) is 0.695. The normalized spacial score (nSPS) is 25.7. The summed E-state index contributed by atoms with van der Waals surface area (Å²) in [6.07, 6.45) is 11.1. The van der Waals surface area contributed by atoms with E-state index in [1.807, 2.05) is 25.4 Å². The number of hydrogen-bond acceptors (Lipinski definition) is 4. The number of imidazole rings is 1. The van der Waals surface area contributed by atoms with Crippen LogP contribution in [0, 0.1) is 18.2 Å². The van der Waals surface area contributed by atoms with Crippen molar-refractivity contribution in [2.24, 2.45) is 10.6 Å². The molecule has 0 bridgehead atoms. The number of oxime groups is 1. The van der Waals surface area contributed by atoms with Gasteiger partial charge in [0, 0.05) is 30.9 Å². The number of aromatic nitrogens is 2. The highest BCUT2D eigenvalue weighted by Crippen LogP contribution is 2.57. The molecule has 4 aliphatic rings. The van der Waals surface area contributed by atoms with Crippen LogP contribution in [0.15, 0.2) is 59.7 Å². The molecule has 0 radical (unpaired) electrons. The summed E-state index contributed by atoms with van der Waals surface area (Å²) in [5.41, 5.74) is 6.89. The van der Waals surface area contributed by atoms with Crippen LogP contribution in [0.1, 0.15) is 48.6 Å². The third-order valence-electron chi connectivity index (χ3n) is 9.09. The second-order valence-corrected chi connectivity index (χ2v) is 17.0. The van der Waals surface area contributed by atoms with Gasteiger partial charge in [-0.1, -0.05) is 36.4 Å². The smallest absolute Gasteiger partial charge is 0.234 e. The average Bonchev–Trinajstić information content (AvgIpc) is 3.15. The van der Waals surface area contributed by atoms with Crippen molar-refractivity contribution in [1.82, 2.24) is 14.5 Å². The SMILES string of the molecule is Cc1cn(-c2ccc(C=C3CC4(CC4)CN4C3=NOC4(C)c3ccc(F)cc3)c3c2[Si](C)(C)CC3)cn1. The van der Waals surface area contributed by atoms with Crippen molar-refractivity contribution < 1.29 is 9.23 Å². The molecule has 5 nitrogen and oxygen atoms in total. The molecule has 1 spiro atoms. The van der Waals surface area contributed by atoms with E-state index in [0.29, 0.717) is 0 Å². The summed E-state index contributed by atoms with van der Waals surface area (Å²) in [5, 5.41) is 6.21. The number of hydrogen-bond donors (Lipinski definition) is 0. The van der Waals surface area contributed by atoms with E-state index >= 15 is 0 Å². The molecule has 3 aliphatic heterocycles. The Morgan fingerprint density at radius 1 is 1.11 bits per heavy atom. The van der Waals surface area contributed by atoms with E-state index in [0.717, 1.165) is 36.5 Å². The first-order valence-electron chi connectivity index (χ1n) is 13.4. The molecule has 7 heteroatoms. The van der Waals surface area contributed by atoms with Gasteiger partial charge in [0.1, 0.15) is 5.82 Å². The van der Waals surface area contributed by atoms with Gasteiger partial charge in [-0.05, 0) is 90.2 Å². The van der Waals surface area contributed by atoms with Crippen molar-refractivity contribution in [2.45, 2.75) is 64.4 Å². The standard InChI is InChI=1S/C30H33FN4OSi/c1-20-17-34(19-32-20)26-10-5-21(25-11-14-37(3,4)27(25)26)15-22-16-30(12-13-30)18-35-28(22)33-36-29(35,2)23-6-8-24(31)9-7-23/h5-10,15,17,19H,11-14,16,18H2,1-4H3. The minimum absolute atomic E-state index is 0.237. The maximum atomic E-state index is 13.7. The zero-order valence-corrected chi connectivity index (χ0v) is 23.0. The van der Waals surface area contributed by atoms with Crippen LogP contribution in [0.25, 0.3) is 11.8 Å². The fourth-order valence-corrected chi connectivity index (χ4v) is 9.81. The van der Waals surface area contributed by atoms with Gasteiger partial charge >= 0.3 is 0 Å². The number of halogens is 1. The molecule has 4 heterocycles. The first-order chi connectivity index (χ1) is 17.7. The summed E-state index contributed by atoms with van der Waals surface area (Å²) in [6.45, 7) is 10.0. The second-order valence-electron chi connectivity index (χ2n) is 12.3. The van der Waals surface area contributed by atoms with Crippen molar-refractivity contribution >= 4 is 25.2 Å². The van der Waals surface area contributed by atoms with Crippen molar-refractivity contribution in [1.29, 1.82) is 0 Å². The van der Waals surface area contributed by atoms with Crippen LogP contribution in [0.2, 0.25) is 19.1 Å². The molecule has 3 aromatic rings. The molecule has 2 aromatic carbocycles. The van der Waals surface area contributed by atoms with E-state index in [1.165, 1.54) is 53.4 Å². The van der Waals surface area contributed by atoms with Gasteiger partial charge in [0.15, 0.2) is 5.84 Å². The third-order valence-corrected chi connectivity index (χ3v) is 12.5. The lowest BCUT2D eigenvalue weighted by Crippen LogP contribution is -2.50. The summed E-state index contributed by atoms with van der Waals surface area (Å²) in [7, 11) is -1.56. The number of piperidine rings is 1. The van der Waals surface area contributed by atoms with Gasteiger partial charge in [-0.25, -0.2) is 9.37 Å². The average molecular weight is 513 g/mol. The largest absolute Gasteiger partial charge is 0.360 e. The molecular weight excluding hydrogens is 479 g/mol. The molecule has 190 valence electrons. The maximum Gasteiger partial charge on any atom is 0.234 e. The minimum Gasteiger partial charge on any atom is -0.360 e. The van der Waals surface area contributed by atoms with E-state index in [4.69, 9.17) is 4.84 Å². The van der Waals surface area contributed by atoms with Crippen molar-refractivity contribution in [2.75, 3.05) is 6.54 Å². The molecule has 7 rings (SSSR count). The van der Waals surface area contributed by atoms with Crippen LogP contribution in [0.4, 0.5) is 4.39 Å². The molecule has 1 atom stereocenters. The zero-order valence-electron chi connectivity index (χ0n) is 22.0. The van der Waals surface area contributed by atoms with E-state index in [2.05, 4.69) is 64.0 Å². The predicted octanol–water partition coefficient (Wildman–Crippen LogP) is 5.88. The van der Waals surface area contributed by atoms with Crippen LogP contribution >= 0.6 is 0 Å². The van der Waals surface area contributed by atoms with Gasteiger partial charge in [-0.15, -0.1) is 0 Å². The van der Waals surface area contributed by atoms with Gasteiger partial charge < -0.3 is 14.3 Å². The molecular formula is C30H33FN4OSi. The Balaban J connectivity index is 1.32. The van der Waals surface area contributed by atoms with Gasteiger partial charge in [0.05, 0.1) is 20.1 Å². The lowest BCUT2D eigenvalue weighted by atomic mass is 9.86. The van der Waals surface area contributed by atoms with E-state index < -0.39 is 13.8 Å². The minimum atomic E-state index is -1.56. The highest BCUT2D eigenvalue weighted by Gasteiger charge is 2.56. The predicted molar refractivity (Wildman–Crippen MR) is 147 cm³/mol. The fourth-order valence-electron chi connectivity index (χ4n) is 6.69. The lowest BCUT2D eigenvalue weighted by Gasteiger charge is -2.41. The molecule has 1 aliphatic carbocycles. The van der Waals surface area contributed by atoms with Gasteiger partial charge in [-0.2, -0.15) is 0 Å². The zero-order chi connectivity index (χ0) is 25.6. The van der Waals surface area contributed by atoms with Crippen molar-refractivity contribution in [3.63, 3.8) is 0 Å². The van der Waals surface area contributed by atoms with Crippen LogP contribution < -0.4 is 5.19 Å². The lowest BCUT2D eigenvalue weighted by molar-refractivity contribution is -0.0968. The fraction of sp³-hybridized carbons (Fsp3) is 0.400. The summed E-state index contributed by atoms with van der Waals surface area (Å²) >= 11 is 0. The molecule has 1 saturated heterocycles. The van der Waals surface area contributed by atoms with Gasteiger partial charge in [0.25, 0.3) is 0 Å². The van der Waals surface area contributed by atoms with Crippen LogP contribution in [0.5, 0.6) is 0 Å². The number of fused-ring (bicyclic) bond motifs is 2. The van der Waals surface area contributed by atoms with E-state index in [-0.39, 0.29) is 11.2 Å². The second kappa shape index (κ2) is 7.66. The Morgan fingerprint density at radius 3 is 2.59 bits per heavy atom. The van der Waals surface area contributed by atoms with Crippen molar-refractivity contribution in [3.05, 3.63) is 82.7 Å².